The third kappa shape index (κ3) is 4.50. The zero-order valence-electron chi connectivity index (χ0n) is 19.0. The van der Waals surface area contributed by atoms with Gasteiger partial charge in [0.05, 0.1) is 16.5 Å². The van der Waals surface area contributed by atoms with E-state index in [2.05, 4.69) is 20.1 Å². The van der Waals surface area contributed by atoms with E-state index in [1.54, 1.807) is 24.1 Å². The van der Waals surface area contributed by atoms with Gasteiger partial charge in [0.15, 0.2) is 11.6 Å². The van der Waals surface area contributed by atoms with Gasteiger partial charge in [0, 0.05) is 18.7 Å². The molecular formula is C25H19ClF2N6O2. The minimum absolute atomic E-state index is 0.00879. The average Bonchev–Trinajstić information content (AvgIpc) is 3.31. The van der Waals surface area contributed by atoms with Crippen LogP contribution in [0.2, 0.25) is 5.02 Å². The number of halogens is 3. The Morgan fingerprint density at radius 1 is 0.972 bits per heavy atom. The lowest BCUT2D eigenvalue weighted by Gasteiger charge is -2.18. The summed E-state index contributed by atoms with van der Waals surface area (Å²) in [5, 5.41) is 3.90. The Morgan fingerprint density at radius 3 is 2.50 bits per heavy atom. The van der Waals surface area contributed by atoms with Crippen molar-refractivity contribution in [2.75, 3.05) is 5.73 Å². The molecule has 3 aromatic carbocycles. The van der Waals surface area contributed by atoms with Crippen molar-refractivity contribution in [2.45, 2.75) is 13.2 Å². The number of hydrogen-bond acceptors (Lipinski definition) is 7. The van der Waals surface area contributed by atoms with E-state index >= 15 is 4.39 Å². The van der Waals surface area contributed by atoms with E-state index in [0.29, 0.717) is 11.2 Å². The quantitative estimate of drug-likeness (QED) is 0.305. The molecule has 2 aromatic heterocycles. The fourth-order valence-corrected chi connectivity index (χ4v) is 3.91. The molecule has 0 atom stereocenters. The second kappa shape index (κ2) is 9.74. The number of aryl methyl sites for hydroxylation is 1. The summed E-state index contributed by atoms with van der Waals surface area (Å²) < 4.78 is 42.9. The second-order valence-electron chi connectivity index (χ2n) is 7.85. The van der Waals surface area contributed by atoms with Gasteiger partial charge in [-0.25, -0.2) is 23.7 Å². The number of benzene rings is 3. The molecule has 2 N–H and O–H groups in total. The van der Waals surface area contributed by atoms with Gasteiger partial charge in [0.2, 0.25) is 0 Å². The Bertz CT molecular complexity index is 1560. The Balaban J connectivity index is 1.69. The molecule has 0 amide bonds. The summed E-state index contributed by atoms with van der Waals surface area (Å²) in [6.45, 7) is 0.191. The number of anilines is 1. The molecule has 0 aliphatic rings. The summed E-state index contributed by atoms with van der Waals surface area (Å²) in [7, 11) is 1.74. The molecule has 0 bridgehead atoms. The van der Waals surface area contributed by atoms with Gasteiger partial charge in [-0.15, -0.1) is 0 Å². The third-order valence-corrected chi connectivity index (χ3v) is 5.76. The third-order valence-electron chi connectivity index (χ3n) is 5.41. The molecule has 0 unspecified atom stereocenters. The zero-order valence-corrected chi connectivity index (χ0v) is 19.7. The molecule has 0 aliphatic heterocycles. The van der Waals surface area contributed by atoms with Gasteiger partial charge in [0.25, 0.3) is 0 Å². The first-order chi connectivity index (χ1) is 17.4. The van der Waals surface area contributed by atoms with Crippen LogP contribution in [0.5, 0.6) is 11.5 Å². The Hall–Kier alpha value is -4.31. The van der Waals surface area contributed by atoms with Crippen molar-refractivity contribution >= 4 is 28.3 Å². The molecule has 0 radical (unpaired) electrons. The summed E-state index contributed by atoms with van der Waals surface area (Å²) >= 11 is 5.90. The number of ether oxygens (including phenoxy) is 2. The van der Waals surface area contributed by atoms with Crippen molar-refractivity contribution in [3.8, 4) is 22.6 Å². The van der Waals surface area contributed by atoms with E-state index in [1.807, 2.05) is 30.3 Å². The lowest BCUT2D eigenvalue weighted by Crippen LogP contribution is -2.05. The predicted octanol–water partition coefficient (Wildman–Crippen LogP) is 5.10. The fraction of sp³-hybridized carbons (Fsp3) is 0.120. The minimum Gasteiger partial charge on any atom is -0.488 e. The van der Waals surface area contributed by atoms with Crippen LogP contribution < -0.4 is 15.2 Å². The molecule has 2 heterocycles. The van der Waals surface area contributed by atoms with Crippen molar-refractivity contribution in [1.82, 2.24) is 24.7 Å². The second-order valence-corrected chi connectivity index (χ2v) is 8.23. The van der Waals surface area contributed by atoms with Crippen LogP contribution in [0.3, 0.4) is 0 Å². The number of nitrogens with two attached hydrogens (primary N) is 1. The highest BCUT2D eigenvalue weighted by atomic mass is 35.5. The van der Waals surface area contributed by atoms with Gasteiger partial charge in [-0.1, -0.05) is 41.9 Å². The first kappa shape index (κ1) is 23.4. The molecule has 0 saturated carbocycles. The molecule has 0 fully saturated rings. The number of hydrogen-bond donors (Lipinski definition) is 1. The largest absolute Gasteiger partial charge is 0.488 e. The first-order valence-electron chi connectivity index (χ1n) is 10.8. The number of nitrogens with zero attached hydrogens (tertiary/aromatic N) is 5. The predicted molar refractivity (Wildman–Crippen MR) is 130 cm³/mol. The van der Waals surface area contributed by atoms with Gasteiger partial charge in [-0.2, -0.15) is 5.10 Å². The standard InChI is InChI=1S/C25H19ClF2N6O2/c1-34-13-32-19(33-34)11-36-18-9-17(35-10-14-5-3-2-4-6-14)20(24-21(18)25(29)31-12-30-24)15-7-8-16(27)22(26)23(15)28/h2-9,12-13H,10-11H2,1H3,(H2,29,30,31). The van der Waals surface area contributed by atoms with Crippen molar-refractivity contribution in [1.29, 1.82) is 0 Å². The first-order valence-corrected chi connectivity index (χ1v) is 11.1. The van der Waals surface area contributed by atoms with Crippen LogP contribution >= 0.6 is 11.6 Å². The average molecular weight is 509 g/mol. The van der Waals surface area contributed by atoms with Crippen LogP contribution in [-0.4, -0.2) is 24.7 Å². The number of fused-ring (bicyclic) bond motifs is 1. The molecule has 36 heavy (non-hydrogen) atoms. The molecule has 8 nitrogen and oxygen atoms in total. The topological polar surface area (TPSA) is 101 Å². The molecule has 0 saturated heterocycles. The van der Waals surface area contributed by atoms with Gasteiger partial charge in [0.1, 0.15) is 54.0 Å². The Labute approximate surface area is 209 Å². The van der Waals surface area contributed by atoms with Crippen molar-refractivity contribution in [3.05, 3.63) is 89.2 Å². The SMILES string of the molecule is Cn1cnc(COc2cc(OCc3ccccc3)c(-c3ccc(F)c(Cl)c3F)c3ncnc(N)c23)n1. The van der Waals surface area contributed by atoms with Gasteiger partial charge in [-0.3, -0.25) is 4.68 Å². The van der Waals surface area contributed by atoms with E-state index in [0.717, 1.165) is 11.6 Å². The normalized spacial score (nSPS) is 11.1. The van der Waals surface area contributed by atoms with Crippen LogP contribution in [0, 0.1) is 11.6 Å². The summed E-state index contributed by atoms with van der Waals surface area (Å²) in [4.78, 5) is 12.6. The molecule has 5 aromatic rings. The minimum atomic E-state index is -0.953. The van der Waals surface area contributed by atoms with Crippen LogP contribution in [0.25, 0.3) is 22.0 Å². The van der Waals surface area contributed by atoms with Crippen molar-refractivity contribution in [2.24, 2.45) is 7.05 Å². The Morgan fingerprint density at radius 2 is 1.75 bits per heavy atom. The maximum absolute atomic E-state index is 15.2. The van der Waals surface area contributed by atoms with Gasteiger partial charge < -0.3 is 15.2 Å². The summed E-state index contributed by atoms with van der Waals surface area (Å²) in [5.41, 5.74) is 7.55. The summed E-state index contributed by atoms with van der Waals surface area (Å²) in [6.07, 6.45) is 2.79. The van der Waals surface area contributed by atoms with E-state index in [4.69, 9.17) is 26.8 Å². The van der Waals surface area contributed by atoms with E-state index < -0.39 is 16.7 Å². The van der Waals surface area contributed by atoms with Crippen molar-refractivity contribution < 1.29 is 18.3 Å². The highest BCUT2D eigenvalue weighted by molar-refractivity contribution is 6.31. The van der Waals surface area contributed by atoms with Gasteiger partial charge >= 0.3 is 0 Å². The number of rotatable bonds is 7. The van der Waals surface area contributed by atoms with Crippen LogP contribution in [-0.2, 0) is 20.3 Å². The Kier molecular flexibility index (Phi) is 6.34. The monoisotopic (exact) mass is 508 g/mol. The van der Waals surface area contributed by atoms with Crippen molar-refractivity contribution in [3.63, 3.8) is 0 Å². The highest BCUT2D eigenvalue weighted by Gasteiger charge is 2.24. The van der Waals surface area contributed by atoms with E-state index in [1.165, 1.54) is 12.4 Å². The number of nitrogen functional groups attached to an aromatic ring is 1. The maximum Gasteiger partial charge on any atom is 0.188 e. The molecule has 0 aliphatic carbocycles. The van der Waals surface area contributed by atoms with Crippen LogP contribution in [0.15, 0.2) is 61.2 Å². The molecule has 182 valence electrons. The van der Waals surface area contributed by atoms with E-state index in [-0.39, 0.29) is 47.2 Å². The van der Waals surface area contributed by atoms with Crippen LogP contribution in [0.4, 0.5) is 14.6 Å². The molecular weight excluding hydrogens is 490 g/mol. The summed E-state index contributed by atoms with van der Waals surface area (Å²) in [5.74, 6) is -0.773. The summed E-state index contributed by atoms with van der Waals surface area (Å²) in [6, 6.07) is 13.3. The fourth-order valence-electron chi connectivity index (χ4n) is 3.75. The molecule has 11 heteroatoms. The molecule has 5 rings (SSSR count). The number of aromatic nitrogens is 5. The van der Waals surface area contributed by atoms with Gasteiger partial charge in [-0.05, 0) is 17.7 Å². The van der Waals surface area contributed by atoms with Crippen LogP contribution in [0.1, 0.15) is 11.4 Å². The molecule has 0 spiro atoms. The zero-order chi connectivity index (χ0) is 25.2. The highest BCUT2D eigenvalue weighted by Crippen LogP contribution is 2.45. The lowest BCUT2D eigenvalue weighted by molar-refractivity contribution is 0.287. The smallest absolute Gasteiger partial charge is 0.188 e. The maximum atomic E-state index is 15.2. The van der Waals surface area contributed by atoms with E-state index in [9.17, 15) is 4.39 Å². The lowest BCUT2D eigenvalue weighted by atomic mass is 9.99.